The SMILES string of the molecule is CN(C)CC1C(=O)O[C@H]2[C@H]1CCC(COC(=O)n1ccnc1)=CCC[C@@]1(C)O[C@@H]21. The van der Waals surface area contributed by atoms with Crippen molar-refractivity contribution < 1.29 is 23.8 Å². The van der Waals surface area contributed by atoms with Gasteiger partial charge in [-0.2, -0.15) is 0 Å². The van der Waals surface area contributed by atoms with Crippen LogP contribution in [-0.2, 0) is 19.0 Å². The standard InChI is InChI=1S/C21H29N3O5/c1-21-8-4-5-14(12-27-20(26)24-10-9-22-13-24)6-7-15-16(11-23(2)3)19(25)28-17(15)18(21)29-21/h5,9-10,13,15-18H,4,6-8,11-12H2,1-3H3/t15-,16?,17-,18-,21+/m0/s1. The Kier molecular flexibility index (Phi) is 5.48. The van der Waals surface area contributed by atoms with E-state index >= 15 is 0 Å². The lowest BCUT2D eigenvalue weighted by atomic mass is 9.80. The number of hydrogen-bond donors (Lipinski definition) is 0. The normalized spacial score (nSPS) is 34.1. The predicted molar refractivity (Wildman–Crippen MR) is 104 cm³/mol. The Morgan fingerprint density at radius 2 is 2.28 bits per heavy atom. The average molecular weight is 403 g/mol. The molecule has 4 rings (SSSR count). The summed E-state index contributed by atoms with van der Waals surface area (Å²) < 4.78 is 18.6. The molecule has 2 aliphatic heterocycles. The van der Waals surface area contributed by atoms with Crippen molar-refractivity contribution in [3.8, 4) is 0 Å². The lowest BCUT2D eigenvalue weighted by molar-refractivity contribution is -0.145. The number of epoxide rings is 1. The fourth-order valence-corrected chi connectivity index (χ4v) is 4.58. The number of rotatable bonds is 4. The van der Waals surface area contributed by atoms with Gasteiger partial charge in [0.25, 0.3) is 0 Å². The van der Waals surface area contributed by atoms with E-state index in [4.69, 9.17) is 14.2 Å². The number of aromatic nitrogens is 2. The largest absolute Gasteiger partial charge is 0.459 e. The highest BCUT2D eigenvalue weighted by Gasteiger charge is 2.62. The number of fused-ring (bicyclic) bond motifs is 3. The minimum Gasteiger partial charge on any atom is -0.459 e. The molecule has 1 unspecified atom stereocenters. The van der Waals surface area contributed by atoms with Crippen molar-refractivity contribution in [1.29, 1.82) is 0 Å². The van der Waals surface area contributed by atoms with Crippen LogP contribution in [0.3, 0.4) is 0 Å². The van der Waals surface area contributed by atoms with Crippen molar-refractivity contribution in [3.05, 3.63) is 30.4 Å². The lowest BCUT2D eigenvalue weighted by Gasteiger charge is -2.24. The highest BCUT2D eigenvalue weighted by molar-refractivity contribution is 5.76. The van der Waals surface area contributed by atoms with E-state index in [1.807, 2.05) is 19.0 Å². The molecule has 8 nitrogen and oxygen atoms in total. The number of ether oxygens (including phenoxy) is 3. The maximum absolute atomic E-state index is 12.6. The van der Waals surface area contributed by atoms with Crippen molar-refractivity contribution in [2.24, 2.45) is 11.8 Å². The molecule has 158 valence electrons. The first-order chi connectivity index (χ1) is 13.9. The zero-order valence-electron chi connectivity index (χ0n) is 17.2. The Hall–Kier alpha value is -2.19. The molecule has 0 spiro atoms. The Balaban J connectivity index is 1.47. The Labute approximate surface area is 170 Å². The first kappa shape index (κ1) is 20.1. The second-order valence-corrected chi connectivity index (χ2v) is 8.75. The van der Waals surface area contributed by atoms with E-state index in [2.05, 4.69) is 18.0 Å². The van der Waals surface area contributed by atoms with Crippen LogP contribution in [0, 0.1) is 11.8 Å². The molecule has 0 radical (unpaired) electrons. The van der Waals surface area contributed by atoms with Gasteiger partial charge in [0.05, 0.1) is 11.5 Å². The van der Waals surface area contributed by atoms with Crippen LogP contribution in [0.5, 0.6) is 0 Å². The summed E-state index contributed by atoms with van der Waals surface area (Å²) in [6.45, 7) is 3.00. The second kappa shape index (κ2) is 7.91. The van der Waals surface area contributed by atoms with Gasteiger partial charge in [-0.3, -0.25) is 4.79 Å². The fraction of sp³-hybridized carbons (Fsp3) is 0.667. The van der Waals surface area contributed by atoms with Gasteiger partial charge in [-0.25, -0.2) is 14.3 Å². The van der Waals surface area contributed by atoms with Crippen LogP contribution in [0.15, 0.2) is 30.4 Å². The summed E-state index contributed by atoms with van der Waals surface area (Å²) in [7, 11) is 3.94. The lowest BCUT2D eigenvalue weighted by Crippen LogP contribution is -2.34. The average Bonchev–Trinajstić information content (AvgIpc) is 3.00. The second-order valence-electron chi connectivity index (χ2n) is 8.75. The van der Waals surface area contributed by atoms with E-state index in [0.29, 0.717) is 6.54 Å². The van der Waals surface area contributed by atoms with Gasteiger partial charge in [-0.05, 0) is 52.3 Å². The van der Waals surface area contributed by atoms with Crippen LogP contribution in [0.1, 0.15) is 32.6 Å². The summed E-state index contributed by atoms with van der Waals surface area (Å²) in [5.41, 5.74) is 0.825. The first-order valence-electron chi connectivity index (χ1n) is 10.2. The molecule has 0 bridgehead atoms. The minimum atomic E-state index is -0.444. The molecule has 0 N–H and O–H groups in total. The number of imidazole rings is 1. The molecule has 0 saturated carbocycles. The summed E-state index contributed by atoms with van der Waals surface area (Å²) in [6, 6.07) is 0. The van der Waals surface area contributed by atoms with Crippen molar-refractivity contribution >= 4 is 12.1 Å². The molecule has 5 atom stereocenters. The van der Waals surface area contributed by atoms with Gasteiger partial charge < -0.3 is 19.1 Å². The minimum absolute atomic E-state index is 0.0161. The number of esters is 1. The van der Waals surface area contributed by atoms with Gasteiger partial charge >= 0.3 is 12.1 Å². The highest BCUT2D eigenvalue weighted by atomic mass is 16.6. The van der Waals surface area contributed by atoms with Crippen molar-refractivity contribution in [2.75, 3.05) is 27.2 Å². The Morgan fingerprint density at radius 1 is 1.45 bits per heavy atom. The number of hydrogen-bond acceptors (Lipinski definition) is 7. The number of nitrogens with zero attached hydrogens (tertiary/aromatic N) is 3. The van der Waals surface area contributed by atoms with E-state index < -0.39 is 6.09 Å². The van der Waals surface area contributed by atoms with Crippen LogP contribution in [-0.4, -0.2) is 71.6 Å². The molecule has 2 fully saturated rings. The Bertz CT molecular complexity index is 790. The van der Waals surface area contributed by atoms with Gasteiger partial charge in [0.2, 0.25) is 0 Å². The quantitative estimate of drug-likeness (QED) is 0.433. The third-order valence-electron chi connectivity index (χ3n) is 6.26. The zero-order valence-corrected chi connectivity index (χ0v) is 17.2. The number of carbonyl (C=O) groups is 2. The Morgan fingerprint density at radius 3 is 3.00 bits per heavy atom. The molecule has 29 heavy (non-hydrogen) atoms. The molecule has 2 saturated heterocycles. The summed E-state index contributed by atoms with van der Waals surface area (Å²) in [6.07, 6.45) is 9.31. The van der Waals surface area contributed by atoms with Crippen molar-refractivity contribution in [3.63, 3.8) is 0 Å². The highest BCUT2D eigenvalue weighted by Crippen LogP contribution is 2.50. The van der Waals surface area contributed by atoms with Gasteiger partial charge in [0.15, 0.2) is 0 Å². The van der Waals surface area contributed by atoms with Crippen LogP contribution in [0.4, 0.5) is 4.79 Å². The molecule has 8 heteroatoms. The van der Waals surface area contributed by atoms with E-state index in [0.717, 1.165) is 31.3 Å². The summed E-state index contributed by atoms with van der Waals surface area (Å²) >= 11 is 0. The third kappa shape index (κ3) is 4.23. The smallest absolute Gasteiger partial charge is 0.419 e. The van der Waals surface area contributed by atoms with E-state index in [9.17, 15) is 9.59 Å². The maximum atomic E-state index is 12.6. The molecule has 3 aliphatic rings. The van der Waals surface area contributed by atoms with Gasteiger partial charge in [-0.15, -0.1) is 0 Å². The summed E-state index contributed by atoms with van der Waals surface area (Å²) in [4.78, 5) is 30.6. The number of carbonyl (C=O) groups excluding carboxylic acids is 2. The predicted octanol–water partition coefficient (Wildman–Crippen LogP) is 2.25. The summed E-state index contributed by atoms with van der Waals surface area (Å²) in [5.74, 6) is -0.178. The van der Waals surface area contributed by atoms with Crippen LogP contribution in [0.2, 0.25) is 0 Å². The fourth-order valence-electron chi connectivity index (χ4n) is 4.58. The van der Waals surface area contributed by atoms with Crippen LogP contribution in [0.25, 0.3) is 0 Å². The molecule has 1 aromatic heterocycles. The molecule has 1 aromatic rings. The third-order valence-corrected chi connectivity index (χ3v) is 6.26. The van der Waals surface area contributed by atoms with Crippen molar-refractivity contribution in [2.45, 2.75) is 50.4 Å². The molecule has 0 aromatic carbocycles. The molecular weight excluding hydrogens is 374 g/mol. The van der Waals surface area contributed by atoms with Gasteiger partial charge in [0.1, 0.15) is 25.1 Å². The summed E-state index contributed by atoms with van der Waals surface area (Å²) in [5, 5.41) is 0. The topological polar surface area (TPSA) is 86.2 Å². The molecule has 0 amide bonds. The monoisotopic (exact) mass is 403 g/mol. The van der Waals surface area contributed by atoms with Crippen LogP contribution >= 0.6 is 0 Å². The zero-order chi connectivity index (χ0) is 20.6. The van der Waals surface area contributed by atoms with E-state index in [-0.39, 0.29) is 42.2 Å². The van der Waals surface area contributed by atoms with E-state index in [1.54, 1.807) is 12.4 Å². The van der Waals surface area contributed by atoms with E-state index in [1.165, 1.54) is 10.9 Å². The van der Waals surface area contributed by atoms with Crippen LogP contribution < -0.4 is 0 Å². The molecule has 1 aliphatic carbocycles. The number of allylic oxidation sites excluding steroid dienone is 1. The molecular formula is C21H29N3O5. The maximum Gasteiger partial charge on any atom is 0.419 e. The van der Waals surface area contributed by atoms with Crippen molar-refractivity contribution in [1.82, 2.24) is 14.5 Å². The first-order valence-corrected chi connectivity index (χ1v) is 10.2. The van der Waals surface area contributed by atoms with Gasteiger partial charge in [-0.1, -0.05) is 6.08 Å². The van der Waals surface area contributed by atoms with Gasteiger partial charge in [0, 0.05) is 24.9 Å². The molecule has 3 heterocycles.